The van der Waals surface area contributed by atoms with E-state index in [0.29, 0.717) is 5.11 Å². The summed E-state index contributed by atoms with van der Waals surface area (Å²) >= 11 is 5.30. The molecule has 0 atom stereocenters. The number of hydrogen-bond acceptors (Lipinski definition) is 3. The van der Waals surface area contributed by atoms with Gasteiger partial charge in [0.1, 0.15) is 5.71 Å². The van der Waals surface area contributed by atoms with Gasteiger partial charge in [0, 0.05) is 17.4 Å². The zero-order valence-electron chi connectivity index (χ0n) is 12.9. The lowest BCUT2D eigenvalue weighted by Crippen LogP contribution is -2.25. The van der Waals surface area contributed by atoms with Gasteiger partial charge in [0.15, 0.2) is 5.11 Å². The molecule has 0 aliphatic rings. The smallest absolute Gasteiger partial charge is 0.191 e. The number of hydrogen-bond donors (Lipinski definition) is 2. The summed E-state index contributed by atoms with van der Waals surface area (Å²) in [4.78, 5) is 4.38. The molecule has 0 aliphatic heterocycles. The van der Waals surface area contributed by atoms with Crippen LogP contribution in [0.2, 0.25) is 0 Å². The first-order chi connectivity index (χ1) is 11.8. The van der Waals surface area contributed by atoms with E-state index in [1.165, 1.54) is 0 Å². The molecular formula is C19H16N4S. The van der Waals surface area contributed by atoms with E-state index in [1.54, 1.807) is 6.20 Å². The molecule has 0 radical (unpaired) electrons. The highest BCUT2D eigenvalue weighted by Gasteiger charge is 2.08. The third-order valence-corrected chi connectivity index (χ3v) is 3.45. The molecule has 4 nitrogen and oxygen atoms in total. The van der Waals surface area contributed by atoms with Crippen LogP contribution in [0.25, 0.3) is 0 Å². The van der Waals surface area contributed by atoms with Crippen LogP contribution >= 0.6 is 12.2 Å². The van der Waals surface area contributed by atoms with E-state index in [-0.39, 0.29) is 0 Å². The van der Waals surface area contributed by atoms with Gasteiger partial charge in [0.05, 0.1) is 5.69 Å². The molecule has 0 saturated heterocycles. The first-order valence-corrected chi connectivity index (χ1v) is 7.90. The van der Waals surface area contributed by atoms with Crippen molar-refractivity contribution in [2.45, 2.75) is 0 Å². The zero-order valence-corrected chi connectivity index (χ0v) is 13.7. The Labute approximate surface area is 146 Å². The summed E-state index contributed by atoms with van der Waals surface area (Å²) in [7, 11) is 0. The molecule has 1 aromatic heterocycles. The van der Waals surface area contributed by atoms with E-state index in [0.717, 1.165) is 22.7 Å². The van der Waals surface area contributed by atoms with E-state index in [2.05, 4.69) is 20.8 Å². The summed E-state index contributed by atoms with van der Waals surface area (Å²) in [5.41, 5.74) is 6.27. The standard InChI is InChI=1S/C19H16N4S/c24-19(21-16-11-5-2-6-12-16)23-22-18(15-9-3-1-4-10-15)17-13-7-8-14-20-17/h1-14H,(H2,21,23,24). The van der Waals surface area contributed by atoms with Crippen LogP contribution in [-0.4, -0.2) is 15.8 Å². The number of thiocarbonyl (C=S) groups is 1. The van der Waals surface area contributed by atoms with Gasteiger partial charge in [-0.1, -0.05) is 54.6 Å². The lowest BCUT2D eigenvalue weighted by molar-refractivity contribution is 1.04. The highest BCUT2D eigenvalue weighted by Crippen LogP contribution is 2.09. The van der Waals surface area contributed by atoms with E-state index in [9.17, 15) is 0 Å². The number of nitrogens with one attached hydrogen (secondary N) is 2. The summed E-state index contributed by atoms with van der Waals surface area (Å²) < 4.78 is 0. The summed E-state index contributed by atoms with van der Waals surface area (Å²) in [5.74, 6) is 0. The third kappa shape index (κ3) is 4.24. The Kier molecular flexibility index (Phi) is 5.27. The van der Waals surface area contributed by atoms with Gasteiger partial charge < -0.3 is 5.32 Å². The minimum Gasteiger partial charge on any atom is -0.331 e. The molecule has 0 unspecified atom stereocenters. The predicted molar refractivity (Wildman–Crippen MR) is 102 cm³/mol. The van der Waals surface area contributed by atoms with E-state index >= 15 is 0 Å². The number of aromatic nitrogens is 1. The van der Waals surface area contributed by atoms with Crippen molar-refractivity contribution >= 4 is 28.7 Å². The number of pyridine rings is 1. The normalized spacial score (nSPS) is 10.9. The van der Waals surface area contributed by atoms with Gasteiger partial charge in [0.2, 0.25) is 0 Å². The highest BCUT2D eigenvalue weighted by molar-refractivity contribution is 7.80. The van der Waals surface area contributed by atoms with E-state index in [4.69, 9.17) is 12.2 Å². The van der Waals surface area contributed by atoms with Gasteiger partial charge in [0.25, 0.3) is 0 Å². The van der Waals surface area contributed by atoms with Crippen molar-refractivity contribution < 1.29 is 0 Å². The Morgan fingerprint density at radius 1 is 0.833 bits per heavy atom. The van der Waals surface area contributed by atoms with E-state index in [1.807, 2.05) is 78.9 Å². The molecule has 2 N–H and O–H groups in total. The van der Waals surface area contributed by atoms with Crippen LogP contribution in [-0.2, 0) is 0 Å². The minimum absolute atomic E-state index is 0.422. The second-order valence-corrected chi connectivity index (χ2v) is 5.38. The van der Waals surface area contributed by atoms with Crippen molar-refractivity contribution in [2.24, 2.45) is 5.10 Å². The third-order valence-electron chi connectivity index (χ3n) is 3.26. The lowest BCUT2D eigenvalue weighted by atomic mass is 10.1. The van der Waals surface area contributed by atoms with Crippen molar-refractivity contribution in [2.75, 3.05) is 5.32 Å². The molecule has 3 rings (SSSR count). The molecular weight excluding hydrogens is 316 g/mol. The first kappa shape index (κ1) is 15.8. The number of nitrogens with zero attached hydrogens (tertiary/aromatic N) is 2. The predicted octanol–water partition coefficient (Wildman–Crippen LogP) is 3.82. The summed E-state index contributed by atoms with van der Waals surface area (Å²) in [5, 5.41) is 7.98. The van der Waals surface area contributed by atoms with Crippen LogP contribution in [0, 0.1) is 0 Å². The molecule has 0 bridgehead atoms. The molecule has 0 fully saturated rings. The maximum atomic E-state index is 5.30. The van der Waals surface area contributed by atoms with Gasteiger partial charge in [-0.15, -0.1) is 0 Å². The van der Waals surface area contributed by atoms with Crippen molar-refractivity contribution in [3.63, 3.8) is 0 Å². The largest absolute Gasteiger partial charge is 0.331 e. The van der Waals surface area contributed by atoms with Crippen LogP contribution in [0.4, 0.5) is 5.69 Å². The molecule has 0 amide bonds. The Morgan fingerprint density at radius 2 is 1.50 bits per heavy atom. The van der Waals surface area contributed by atoms with Crippen LogP contribution in [0.3, 0.4) is 0 Å². The van der Waals surface area contributed by atoms with Crippen LogP contribution in [0.5, 0.6) is 0 Å². The number of anilines is 1. The molecule has 5 heteroatoms. The fourth-order valence-corrected chi connectivity index (χ4v) is 2.32. The second-order valence-electron chi connectivity index (χ2n) is 4.97. The average Bonchev–Trinajstić information content (AvgIpc) is 2.64. The Morgan fingerprint density at radius 3 is 2.17 bits per heavy atom. The number of para-hydroxylation sites is 1. The Balaban J connectivity index is 1.81. The number of hydrazone groups is 1. The monoisotopic (exact) mass is 332 g/mol. The fourth-order valence-electron chi connectivity index (χ4n) is 2.16. The molecule has 0 saturated carbocycles. The summed E-state index contributed by atoms with van der Waals surface area (Å²) in [6.45, 7) is 0. The number of benzene rings is 2. The minimum atomic E-state index is 0.422. The molecule has 24 heavy (non-hydrogen) atoms. The van der Waals surface area contributed by atoms with Crippen molar-refractivity contribution in [1.82, 2.24) is 10.4 Å². The van der Waals surface area contributed by atoms with Gasteiger partial charge in [-0.3, -0.25) is 10.4 Å². The van der Waals surface area contributed by atoms with E-state index < -0.39 is 0 Å². The first-order valence-electron chi connectivity index (χ1n) is 7.49. The van der Waals surface area contributed by atoms with Gasteiger partial charge in [-0.25, -0.2) is 0 Å². The fraction of sp³-hybridized carbons (Fsp3) is 0. The van der Waals surface area contributed by atoms with Crippen LogP contribution < -0.4 is 10.7 Å². The topological polar surface area (TPSA) is 49.3 Å². The van der Waals surface area contributed by atoms with Gasteiger partial charge >= 0.3 is 0 Å². The molecule has 118 valence electrons. The highest BCUT2D eigenvalue weighted by atomic mass is 32.1. The molecule has 3 aromatic rings. The van der Waals surface area contributed by atoms with Gasteiger partial charge in [-0.2, -0.15) is 5.10 Å². The van der Waals surface area contributed by atoms with Gasteiger partial charge in [-0.05, 0) is 36.5 Å². The maximum Gasteiger partial charge on any atom is 0.191 e. The SMILES string of the molecule is S=C(NN=C(c1ccccc1)c1ccccn1)Nc1ccccc1. The number of rotatable bonds is 4. The Bertz CT molecular complexity index is 776. The van der Waals surface area contributed by atoms with Crippen LogP contribution in [0.1, 0.15) is 11.3 Å². The molecule has 2 aromatic carbocycles. The lowest BCUT2D eigenvalue weighted by Gasteiger charge is -2.10. The second kappa shape index (κ2) is 7.99. The summed E-state index contributed by atoms with van der Waals surface area (Å²) in [6, 6.07) is 25.3. The average molecular weight is 332 g/mol. The molecule has 1 heterocycles. The van der Waals surface area contributed by atoms with Crippen LogP contribution in [0.15, 0.2) is 90.2 Å². The maximum absolute atomic E-state index is 5.30. The molecule has 0 aliphatic carbocycles. The molecule has 0 spiro atoms. The quantitative estimate of drug-likeness (QED) is 0.433. The summed E-state index contributed by atoms with van der Waals surface area (Å²) in [6.07, 6.45) is 1.74. The Hall–Kier alpha value is -3.05. The zero-order chi connectivity index (χ0) is 16.6. The van der Waals surface area contributed by atoms with Crippen molar-refractivity contribution in [3.05, 3.63) is 96.3 Å². The van der Waals surface area contributed by atoms with Crippen molar-refractivity contribution in [1.29, 1.82) is 0 Å². The van der Waals surface area contributed by atoms with Crippen molar-refractivity contribution in [3.8, 4) is 0 Å².